The van der Waals surface area contributed by atoms with E-state index in [1.165, 1.54) is 4.90 Å². The van der Waals surface area contributed by atoms with Gasteiger partial charge in [0.05, 0.1) is 0 Å². The normalized spacial score (nSPS) is 17.7. The fraction of sp³-hybridized carbons (Fsp3) is 0.556. The Kier molecular flexibility index (Phi) is 5.80. The second-order valence-electron chi connectivity index (χ2n) is 7.25. The first kappa shape index (κ1) is 18.6. The zero-order chi connectivity index (χ0) is 17.9. The Morgan fingerprint density at radius 1 is 1.21 bits per heavy atom. The summed E-state index contributed by atoms with van der Waals surface area (Å²) in [6, 6.07) is 7.28. The minimum Gasteiger partial charge on any atom is -0.347 e. The minimum atomic E-state index is -0.351. The van der Waals surface area contributed by atoms with E-state index < -0.39 is 0 Å². The topological polar surface area (TPSA) is 52.7 Å². The number of thioether (sulfide) groups is 1. The number of anilines is 1. The van der Waals surface area contributed by atoms with Crippen LogP contribution >= 0.6 is 11.8 Å². The van der Waals surface area contributed by atoms with Crippen molar-refractivity contribution in [3.63, 3.8) is 0 Å². The Bertz CT molecular complexity index is 593. The molecule has 1 aromatic rings. The molecular formula is C18H27N3O2S. The summed E-state index contributed by atoms with van der Waals surface area (Å²) in [5.41, 5.74) is 0.751. The summed E-state index contributed by atoms with van der Waals surface area (Å²) in [7, 11) is 3.45. The van der Waals surface area contributed by atoms with Gasteiger partial charge < -0.3 is 15.1 Å². The lowest BCUT2D eigenvalue weighted by Gasteiger charge is -2.26. The molecule has 0 radical (unpaired) electrons. The van der Waals surface area contributed by atoms with Gasteiger partial charge in [0.2, 0.25) is 5.91 Å². The van der Waals surface area contributed by atoms with Crippen LogP contribution in [0.3, 0.4) is 0 Å². The van der Waals surface area contributed by atoms with Crippen molar-refractivity contribution in [3.05, 3.63) is 24.3 Å². The van der Waals surface area contributed by atoms with Crippen LogP contribution in [0.5, 0.6) is 0 Å². The van der Waals surface area contributed by atoms with Crippen molar-refractivity contribution in [2.45, 2.75) is 49.3 Å². The summed E-state index contributed by atoms with van der Waals surface area (Å²) < 4.78 is 0.153. The maximum absolute atomic E-state index is 12.5. The van der Waals surface area contributed by atoms with E-state index in [-0.39, 0.29) is 22.7 Å². The Morgan fingerprint density at radius 2 is 1.83 bits per heavy atom. The molecule has 3 amide bonds. The quantitative estimate of drug-likeness (QED) is 0.847. The Morgan fingerprint density at radius 3 is 2.38 bits per heavy atom. The van der Waals surface area contributed by atoms with Gasteiger partial charge in [-0.1, -0.05) is 20.8 Å². The van der Waals surface area contributed by atoms with E-state index in [0.717, 1.165) is 18.5 Å². The second-order valence-corrected chi connectivity index (χ2v) is 9.15. The highest BCUT2D eigenvalue weighted by atomic mass is 32.2. The molecule has 24 heavy (non-hydrogen) atoms. The molecule has 0 bridgehead atoms. The maximum atomic E-state index is 12.5. The monoisotopic (exact) mass is 349 g/mol. The number of amides is 3. The van der Waals surface area contributed by atoms with E-state index in [0.29, 0.717) is 6.54 Å². The van der Waals surface area contributed by atoms with Crippen LogP contribution in [0.1, 0.15) is 33.6 Å². The fourth-order valence-electron chi connectivity index (χ4n) is 2.72. The average molecular weight is 350 g/mol. The van der Waals surface area contributed by atoms with E-state index in [1.54, 1.807) is 35.7 Å². The lowest BCUT2D eigenvalue weighted by Crippen LogP contribution is -2.47. The molecule has 1 N–H and O–H groups in total. The number of carbonyl (C=O) groups excluding carboxylic acids is 2. The molecule has 5 nitrogen and oxygen atoms in total. The van der Waals surface area contributed by atoms with E-state index in [4.69, 9.17) is 0 Å². The van der Waals surface area contributed by atoms with Crippen LogP contribution in [-0.4, -0.2) is 53.2 Å². The standard InChI is InChI=1S/C18H27N3O2S/c1-18(2,3)24-14-10-8-13(9-11-14)19-17(23)21-12-6-7-15(21)16(22)20(4)5/h8-11,15H,6-7,12H2,1-5H3,(H,19,23)/t15-/m1/s1. The minimum absolute atomic E-state index is 0.0143. The first-order valence-electron chi connectivity index (χ1n) is 8.25. The lowest BCUT2D eigenvalue weighted by molar-refractivity contribution is -0.132. The number of urea groups is 1. The van der Waals surface area contributed by atoms with Crippen LogP contribution in [-0.2, 0) is 4.79 Å². The third-order valence-corrected chi connectivity index (χ3v) is 4.89. The van der Waals surface area contributed by atoms with Crippen molar-refractivity contribution in [2.24, 2.45) is 0 Å². The Balaban J connectivity index is 2.00. The highest BCUT2D eigenvalue weighted by molar-refractivity contribution is 8.00. The van der Waals surface area contributed by atoms with Crippen molar-refractivity contribution in [3.8, 4) is 0 Å². The third-order valence-electron chi connectivity index (χ3n) is 3.77. The van der Waals surface area contributed by atoms with Crippen molar-refractivity contribution in [1.29, 1.82) is 0 Å². The zero-order valence-corrected chi connectivity index (χ0v) is 15.9. The third kappa shape index (κ3) is 4.90. The summed E-state index contributed by atoms with van der Waals surface area (Å²) in [5.74, 6) is -0.0143. The molecule has 1 saturated heterocycles. The first-order chi connectivity index (χ1) is 11.2. The molecule has 0 aliphatic carbocycles. The molecule has 0 saturated carbocycles. The van der Waals surface area contributed by atoms with Crippen molar-refractivity contribution >= 4 is 29.4 Å². The predicted octanol–water partition coefficient (Wildman–Crippen LogP) is 3.66. The molecule has 1 atom stereocenters. The number of carbonyl (C=O) groups is 2. The van der Waals surface area contributed by atoms with Crippen molar-refractivity contribution in [2.75, 3.05) is 26.0 Å². The maximum Gasteiger partial charge on any atom is 0.322 e. The number of nitrogens with one attached hydrogen (secondary N) is 1. The van der Waals surface area contributed by atoms with Gasteiger partial charge in [0.25, 0.3) is 0 Å². The van der Waals surface area contributed by atoms with E-state index in [1.807, 2.05) is 24.3 Å². The molecule has 1 fully saturated rings. The molecule has 1 aliphatic heterocycles. The van der Waals surface area contributed by atoms with Gasteiger partial charge in [-0.2, -0.15) is 0 Å². The number of rotatable bonds is 3. The molecule has 1 heterocycles. The molecule has 1 aromatic carbocycles. The molecule has 6 heteroatoms. The second kappa shape index (κ2) is 7.47. The van der Waals surface area contributed by atoms with E-state index in [9.17, 15) is 9.59 Å². The molecule has 0 aromatic heterocycles. The Labute approximate surface area is 148 Å². The van der Waals surface area contributed by atoms with Crippen LogP contribution in [0.4, 0.5) is 10.5 Å². The highest BCUT2D eigenvalue weighted by Crippen LogP contribution is 2.32. The predicted molar refractivity (Wildman–Crippen MR) is 99.5 cm³/mol. The van der Waals surface area contributed by atoms with E-state index >= 15 is 0 Å². The van der Waals surface area contributed by atoms with Crippen molar-refractivity contribution in [1.82, 2.24) is 9.80 Å². The number of likely N-dealkylation sites (N-methyl/N-ethyl adjacent to an activating group) is 1. The number of likely N-dealkylation sites (tertiary alicyclic amines) is 1. The van der Waals surface area contributed by atoms with Crippen LogP contribution in [0.15, 0.2) is 29.2 Å². The Hall–Kier alpha value is -1.69. The van der Waals surface area contributed by atoms with Gasteiger partial charge in [-0.05, 0) is 37.1 Å². The fourth-order valence-corrected chi connectivity index (χ4v) is 3.70. The molecular weight excluding hydrogens is 322 g/mol. The average Bonchev–Trinajstić information content (AvgIpc) is 2.96. The van der Waals surface area contributed by atoms with Gasteiger partial charge in [0.1, 0.15) is 6.04 Å². The summed E-state index contributed by atoms with van der Waals surface area (Å²) in [6.07, 6.45) is 1.59. The van der Waals surface area contributed by atoms with Crippen LogP contribution < -0.4 is 5.32 Å². The summed E-state index contributed by atoms with van der Waals surface area (Å²) in [6.45, 7) is 7.13. The van der Waals surface area contributed by atoms with Gasteiger partial charge in [0.15, 0.2) is 0 Å². The lowest BCUT2D eigenvalue weighted by atomic mass is 10.2. The van der Waals surface area contributed by atoms with Gasteiger partial charge in [-0.25, -0.2) is 4.79 Å². The van der Waals surface area contributed by atoms with E-state index in [2.05, 4.69) is 26.1 Å². The van der Waals surface area contributed by atoms with Gasteiger partial charge in [-0.15, -0.1) is 11.8 Å². The van der Waals surface area contributed by atoms with Gasteiger partial charge in [0, 0.05) is 36.0 Å². The highest BCUT2D eigenvalue weighted by Gasteiger charge is 2.34. The summed E-state index contributed by atoms with van der Waals surface area (Å²) in [4.78, 5) is 29.1. The number of benzene rings is 1. The number of hydrogen-bond donors (Lipinski definition) is 1. The van der Waals surface area contributed by atoms with Crippen LogP contribution in [0, 0.1) is 0 Å². The van der Waals surface area contributed by atoms with Crippen LogP contribution in [0.25, 0.3) is 0 Å². The van der Waals surface area contributed by atoms with Crippen molar-refractivity contribution < 1.29 is 9.59 Å². The molecule has 2 rings (SSSR count). The number of hydrogen-bond acceptors (Lipinski definition) is 3. The van der Waals surface area contributed by atoms with Crippen LogP contribution in [0.2, 0.25) is 0 Å². The zero-order valence-electron chi connectivity index (χ0n) is 15.1. The summed E-state index contributed by atoms with van der Waals surface area (Å²) >= 11 is 1.79. The van der Waals surface area contributed by atoms with Gasteiger partial charge >= 0.3 is 6.03 Å². The first-order valence-corrected chi connectivity index (χ1v) is 9.07. The smallest absolute Gasteiger partial charge is 0.322 e. The number of nitrogens with zero attached hydrogens (tertiary/aromatic N) is 2. The molecule has 132 valence electrons. The molecule has 1 aliphatic rings. The largest absolute Gasteiger partial charge is 0.347 e. The molecule has 0 unspecified atom stereocenters. The van der Waals surface area contributed by atoms with Gasteiger partial charge in [-0.3, -0.25) is 4.79 Å². The summed E-state index contributed by atoms with van der Waals surface area (Å²) in [5, 5.41) is 2.90. The molecule has 0 spiro atoms. The SMILES string of the molecule is CN(C)C(=O)[C@H]1CCCN1C(=O)Nc1ccc(SC(C)(C)C)cc1.